The van der Waals surface area contributed by atoms with E-state index in [4.69, 9.17) is 5.11 Å². The molecule has 1 atom stereocenters. The van der Waals surface area contributed by atoms with Crippen molar-refractivity contribution in [3.63, 3.8) is 0 Å². The molecule has 5 nitrogen and oxygen atoms in total. The fourth-order valence-electron chi connectivity index (χ4n) is 3.65. The minimum absolute atomic E-state index is 0.00964. The van der Waals surface area contributed by atoms with Gasteiger partial charge in [0.25, 0.3) is 0 Å². The van der Waals surface area contributed by atoms with Crippen molar-refractivity contribution in [2.24, 2.45) is 5.16 Å². The number of rotatable bonds is 7. The second kappa shape index (κ2) is 10.9. The van der Waals surface area contributed by atoms with Crippen LogP contribution in [0.5, 0.6) is 0 Å². The van der Waals surface area contributed by atoms with Gasteiger partial charge in [-0.1, -0.05) is 53.4 Å². The van der Waals surface area contributed by atoms with Crippen molar-refractivity contribution in [1.82, 2.24) is 4.98 Å². The summed E-state index contributed by atoms with van der Waals surface area (Å²) >= 11 is 0. The molecule has 1 unspecified atom stereocenters. The standard InChI is InChI=1S/C27H26N2O3/c1-19-7-3-5-9-24(19)25(18-26(29-32)23-15-16-28-20(2)17-23)22-13-11-21(12-14-22)8-4-6-10-27(30)31/h3,5,7,9,11-17,25,32H,6,10,18H2,1-2H3,(H,30,31). The van der Waals surface area contributed by atoms with Crippen molar-refractivity contribution in [3.8, 4) is 11.8 Å². The van der Waals surface area contributed by atoms with Gasteiger partial charge in [-0.05, 0) is 54.8 Å². The predicted molar refractivity (Wildman–Crippen MR) is 125 cm³/mol. The van der Waals surface area contributed by atoms with Crippen molar-refractivity contribution < 1.29 is 15.1 Å². The lowest BCUT2D eigenvalue weighted by Gasteiger charge is -2.21. The molecule has 0 spiro atoms. The highest BCUT2D eigenvalue weighted by Crippen LogP contribution is 2.32. The van der Waals surface area contributed by atoms with Gasteiger partial charge >= 0.3 is 5.97 Å². The van der Waals surface area contributed by atoms with Crippen LogP contribution in [-0.2, 0) is 4.79 Å². The summed E-state index contributed by atoms with van der Waals surface area (Å²) in [6.07, 6.45) is 2.60. The topological polar surface area (TPSA) is 82.8 Å². The van der Waals surface area contributed by atoms with Crippen LogP contribution in [0.3, 0.4) is 0 Å². The quantitative estimate of drug-likeness (QED) is 0.232. The zero-order valence-corrected chi connectivity index (χ0v) is 18.2. The molecule has 0 fully saturated rings. The zero-order valence-electron chi connectivity index (χ0n) is 18.2. The number of benzene rings is 2. The van der Waals surface area contributed by atoms with Gasteiger partial charge in [-0.2, -0.15) is 0 Å². The van der Waals surface area contributed by atoms with Crippen LogP contribution in [0.1, 0.15) is 58.7 Å². The Balaban J connectivity index is 1.92. The second-order valence-corrected chi connectivity index (χ2v) is 7.66. The highest BCUT2D eigenvalue weighted by Gasteiger charge is 2.20. The Hall–Kier alpha value is -3.91. The Kier molecular flexibility index (Phi) is 7.77. The number of carboxylic acids is 1. The number of hydrogen-bond acceptors (Lipinski definition) is 4. The average molecular weight is 427 g/mol. The summed E-state index contributed by atoms with van der Waals surface area (Å²) in [4.78, 5) is 14.9. The highest BCUT2D eigenvalue weighted by molar-refractivity contribution is 6.01. The lowest BCUT2D eigenvalue weighted by atomic mass is 9.83. The molecule has 0 radical (unpaired) electrons. The second-order valence-electron chi connectivity index (χ2n) is 7.66. The third-order valence-electron chi connectivity index (χ3n) is 5.32. The third-order valence-corrected chi connectivity index (χ3v) is 5.32. The molecule has 32 heavy (non-hydrogen) atoms. The third kappa shape index (κ3) is 6.05. The van der Waals surface area contributed by atoms with Gasteiger partial charge in [-0.15, -0.1) is 0 Å². The van der Waals surface area contributed by atoms with E-state index in [1.165, 1.54) is 11.1 Å². The van der Waals surface area contributed by atoms with Crippen molar-refractivity contribution in [1.29, 1.82) is 0 Å². The van der Waals surface area contributed by atoms with Crippen molar-refractivity contribution in [3.05, 3.63) is 100 Å². The molecule has 0 bridgehead atoms. The SMILES string of the molecule is Cc1cc(C(CC(c2ccc(C#CCCC(=O)O)cc2)c2ccccc2C)=NO)ccn1. The van der Waals surface area contributed by atoms with Gasteiger partial charge in [0.1, 0.15) is 0 Å². The first-order valence-corrected chi connectivity index (χ1v) is 10.5. The van der Waals surface area contributed by atoms with E-state index in [1.807, 2.05) is 55.5 Å². The zero-order chi connectivity index (χ0) is 22.9. The van der Waals surface area contributed by atoms with E-state index < -0.39 is 5.97 Å². The van der Waals surface area contributed by atoms with Crippen LogP contribution in [0.25, 0.3) is 0 Å². The number of oxime groups is 1. The molecule has 0 aliphatic carbocycles. The first-order valence-electron chi connectivity index (χ1n) is 10.5. The summed E-state index contributed by atoms with van der Waals surface area (Å²) in [6.45, 7) is 3.99. The summed E-state index contributed by atoms with van der Waals surface area (Å²) in [7, 11) is 0. The number of nitrogens with zero attached hydrogens (tertiary/aromatic N) is 2. The Morgan fingerprint density at radius 3 is 2.50 bits per heavy atom. The van der Waals surface area contributed by atoms with E-state index in [-0.39, 0.29) is 12.3 Å². The monoisotopic (exact) mass is 426 g/mol. The van der Waals surface area contributed by atoms with Gasteiger partial charge < -0.3 is 10.3 Å². The van der Waals surface area contributed by atoms with E-state index >= 15 is 0 Å². The fourth-order valence-corrected chi connectivity index (χ4v) is 3.65. The summed E-state index contributed by atoms with van der Waals surface area (Å²) in [5.41, 5.74) is 6.56. The lowest BCUT2D eigenvalue weighted by Crippen LogP contribution is -2.12. The number of aryl methyl sites for hydroxylation is 2. The first-order chi connectivity index (χ1) is 15.5. The van der Waals surface area contributed by atoms with E-state index in [9.17, 15) is 10.0 Å². The molecule has 0 saturated heterocycles. The molecule has 2 N–H and O–H groups in total. The Labute approximate surface area is 188 Å². The van der Waals surface area contributed by atoms with Crippen LogP contribution in [-0.4, -0.2) is 27.0 Å². The molecule has 3 rings (SSSR count). The van der Waals surface area contributed by atoms with E-state index in [1.54, 1.807) is 6.20 Å². The molecular weight excluding hydrogens is 400 g/mol. The van der Waals surface area contributed by atoms with Crippen molar-refractivity contribution in [2.45, 2.75) is 39.0 Å². The number of carbonyl (C=O) groups is 1. The maximum Gasteiger partial charge on any atom is 0.304 e. The first kappa shape index (κ1) is 22.8. The Morgan fingerprint density at radius 2 is 1.84 bits per heavy atom. The molecule has 162 valence electrons. The molecule has 3 aromatic rings. The highest BCUT2D eigenvalue weighted by atomic mass is 16.4. The van der Waals surface area contributed by atoms with Gasteiger partial charge in [-0.3, -0.25) is 9.78 Å². The summed E-state index contributed by atoms with van der Waals surface area (Å²) in [5, 5.41) is 22.1. The average Bonchev–Trinajstić information content (AvgIpc) is 2.79. The predicted octanol–water partition coefficient (Wildman–Crippen LogP) is 5.32. The lowest BCUT2D eigenvalue weighted by molar-refractivity contribution is -0.136. The van der Waals surface area contributed by atoms with E-state index in [0.717, 1.165) is 22.4 Å². The summed E-state index contributed by atoms with van der Waals surface area (Å²) < 4.78 is 0. The van der Waals surface area contributed by atoms with Crippen molar-refractivity contribution >= 4 is 11.7 Å². The number of carboxylic acid groups (broad SMARTS) is 1. The molecule has 5 heteroatoms. The van der Waals surface area contributed by atoms with Gasteiger partial charge in [0, 0.05) is 41.8 Å². The van der Waals surface area contributed by atoms with Crippen LogP contribution in [0.2, 0.25) is 0 Å². The van der Waals surface area contributed by atoms with Crippen LogP contribution in [0.15, 0.2) is 72.0 Å². The number of aliphatic carboxylic acids is 1. The minimum atomic E-state index is -0.846. The maximum absolute atomic E-state index is 10.6. The van der Waals surface area contributed by atoms with Gasteiger partial charge in [0.05, 0.1) is 12.1 Å². The molecule has 0 amide bonds. The largest absolute Gasteiger partial charge is 0.481 e. The molecule has 1 heterocycles. The molecule has 1 aromatic heterocycles. The van der Waals surface area contributed by atoms with Crippen LogP contribution in [0, 0.1) is 25.7 Å². The smallest absolute Gasteiger partial charge is 0.304 e. The number of aromatic nitrogens is 1. The number of hydrogen-bond donors (Lipinski definition) is 2. The van der Waals surface area contributed by atoms with Crippen LogP contribution < -0.4 is 0 Å². The molecular formula is C27H26N2O3. The normalized spacial score (nSPS) is 12.0. The molecule has 0 aliphatic heterocycles. The maximum atomic E-state index is 10.6. The van der Waals surface area contributed by atoms with E-state index in [2.05, 4.69) is 41.0 Å². The summed E-state index contributed by atoms with van der Waals surface area (Å²) in [5.74, 6) is 5.06. The molecule has 2 aromatic carbocycles. The summed E-state index contributed by atoms with van der Waals surface area (Å²) in [6, 6.07) is 19.9. The molecule has 0 aliphatic rings. The van der Waals surface area contributed by atoms with Crippen LogP contribution >= 0.6 is 0 Å². The fraction of sp³-hybridized carbons (Fsp3) is 0.222. The van der Waals surface area contributed by atoms with Gasteiger partial charge in [-0.25, -0.2) is 0 Å². The Morgan fingerprint density at radius 1 is 1.09 bits per heavy atom. The minimum Gasteiger partial charge on any atom is -0.481 e. The number of pyridine rings is 1. The Bertz CT molecular complexity index is 1170. The van der Waals surface area contributed by atoms with E-state index in [0.29, 0.717) is 18.6 Å². The van der Waals surface area contributed by atoms with Gasteiger partial charge in [0.2, 0.25) is 0 Å². The molecule has 0 saturated carbocycles. The van der Waals surface area contributed by atoms with Crippen LogP contribution in [0.4, 0.5) is 0 Å². The van der Waals surface area contributed by atoms with Gasteiger partial charge in [0.15, 0.2) is 0 Å². The van der Waals surface area contributed by atoms with Crippen molar-refractivity contribution in [2.75, 3.05) is 0 Å².